The van der Waals surface area contributed by atoms with Crippen LogP contribution in [0.25, 0.3) is 0 Å². The lowest BCUT2D eigenvalue weighted by Gasteiger charge is -2.35. The summed E-state index contributed by atoms with van der Waals surface area (Å²) in [6.45, 7) is 12.9. The van der Waals surface area contributed by atoms with Crippen LogP contribution >= 0.6 is 24.0 Å². The molecule has 1 aromatic rings. The van der Waals surface area contributed by atoms with Gasteiger partial charge in [0.1, 0.15) is 0 Å². The number of aliphatic imine (C=N–C) groups is 1. The molecule has 0 saturated carbocycles. The summed E-state index contributed by atoms with van der Waals surface area (Å²) in [6, 6.07) is 0.521. The SMILES string of the molecule is CN=C(NCc1c(C)nn(C)c1C)NCC(C)N1CCCC(C)C1.I. The molecular formula is C18H35IN6. The Bertz CT molecular complexity index is 568. The first-order chi connectivity index (χ1) is 11.4. The summed E-state index contributed by atoms with van der Waals surface area (Å²) in [7, 11) is 3.81. The summed E-state index contributed by atoms with van der Waals surface area (Å²) >= 11 is 0. The first-order valence-corrected chi connectivity index (χ1v) is 9.10. The lowest BCUT2D eigenvalue weighted by atomic mass is 9.99. The Morgan fingerprint density at radius 2 is 2.08 bits per heavy atom. The van der Waals surface area contributed by atoms with Gasteiger partial charge in [-0.2, -0.15) is 5.10 Å². The van der Waals surface area contributed by atoms with Crippen LogP contribution in [0.15, 0.2) is 4.99 Å². The number of nitrogens with zero attached hydrogens (tertiary/aromatic N) is 4. The number of likely N-dealkylation sites (tertiary alicyclic amines) is 1. The molecule has 0 aliphatic carbocycles. The third-order valence-corrected chi connectivity index (χ3v) is 5.19. The van der Waals surface area contributed by atoms with Crippen molar-refractivity contribution in [1.82, 2.24) is 25.3 Å². The highest BCUT2D eigenvalue weighted by Gasteiger charge is 2.21. The van der Waals surface area contributed by atoms with E-state index in [1.807, 2.05) is 18.8 Å². The summed E-state index contributed by atoms with van der Waals surface area (Å²) < 4.78 is 1.93. The minimum absolute atomic E-state index is 0. The minimum Gasteiger partial charge on any atom is -0.355 e. The second-order valence-corrected chi connectivity index (χ2v) is 7.17. The summed E-state index contributed by atoms with van der Waals surface area (Å²) in [5.41, 5.74) is 3.53. The molecule has 2 heterocycles. The first kappa shape index (κ1) is 22.2. The Morgan fingerprint density at radius 1 is 1.36 bits per heavy atom. The van der Waals surface area contributed by atoms with E-state index in [0.29, 0.717) is 6.04 Å². The highest BCUT2D eigenvalue weighted by atomic mass is 127. The van der Waals surface area contributed by atoms with Gasteiger partial charge in [-0.05, 0) is 46.1 Å². The summed E-state index contributed by atoms with van der Waals surface area (Å²) in [5.74, 6) is 1.67. The number of hydrogen-bond donors (Lipinski definition) is 2. The van der Waals surface area contributed by atoms with E-state index in [1.165, 1.54) is 37.2 Å². The van der Waals surface area contributed by atoms with Gasteiger partial charge >= 0.3 is 0 Å². The van der Waals surface area contributed by atoms with E-state index in [4.69, 9.17) is 0 Å². The smallest absolute Gasteiger partial charge is 0.191 e. The van der Waals surface area contributed by atoms with Gasteiger partial charge in [-0.15, -0.1) is 24.0 Å². The summed E-state index contributed by atoms with van der Waals surface area (Å²) in [4.78, 5) is 6.94. The number of hydrogen-bond acceptors (Lipinski definition) is 3. The molecule has 25 heavy (non-hydrogen) atoms. The van der Waals surface area contributed by atoms with Crippen molar-refractivity contribution in [3.05, 3.63) is 17.0 Å². The van der Waals surface area contributed by atoms with Gasteiger partial charge in [0.2, 0.25) is 0 Å². The molecule has 1 saturated heterocycles. The Labute approximate surface area is 169 Å². The molecule has 0 spiro atoms. The number of aryl methyl sites for hydroxylation is 2. The zero-order valence-corrected chi connectivity index (χ0v) is 18.9. The highest BCUT2D eigenvalue weighted by Crippen LogP contribution is 2.17. The van der Waals surface area contributed by atoms with Crippen LogP contribution in [0, 0.1) is 19.8 Å². The van der Waals surface area contributed by atoms with Crippen molar-refractivity contribution in [2.75, 3.05) is 26.7 Å². The second-order valence-electron chi connectivity index (χ2n) is 7.17. The summed E-state index contributed by atoms with van der Waals surface area (Å²) in [6.07, 6.45) is 2.68. The van der Waals surface area contributed by atoms with Crippen molar-refractivity contribution >= 4 is 29.9 Å². The predicted octanol–water partition coefficient (Wildman–Crippen LogP) is 2.44. The van der Waals surface area contributed by atoms with Crippen molar-refractivity contribution in [3.63, 3.8) is 0 Å². The molecule has 2 rings (SSSR count). The van der Waals surface area contributed by atoms with Crippen molar-refractivity contribution in [2.45, 2.75) is 53.1 Å². The van der Waals surface area contributed by atoms with Crippen molar-refractivity contribution in [3.8, 4) is 0 Å². The van der Waals surface area contributed by atoms with E-state index >= 15 is 0 Å². The lowest BCUT2D eigenvalue weighted by Crippen LogP contribution is -2.48. The molecule has 1 aliphatic rings. The molecule has 0 aromatic carbocycles. The third-order valence-electron chi connectivity index (χ3n) is 5.19. The van der Waals surface area contributed by atoms with Gasteiger partial charge < -0.3 is 10.6 Å². The monoisotopic (exact) mass is 462 g/mol. The van der Waals surface area contributed by atoms with Crippen LogP contribution in [0.4, 0.5) is 0 Å². The maximum Gasteiger partial charge on any atom is 0.191 e. The van der Waals surface area contributed by atoms with Crippen LogP contribution in [0.2, 0.25) is 0 Å². The first-order valence-electron chi connectivity index (χ1n) is 9.10. The van der Waals surface area contributed by atoms with Gasteiger partial charge in [0.05, 0.1) is 5.69 Å². The maximum absolute atomic E-state index is 4.47. The molecule has 2 unspecified atom stereocenters. The Hall–Kier alpha value is -0.830. The van der Waals surface area contributed by atoms with Crippen molar-refractivity contribution < 1.29 is 0 Å². The van der Waals surface area contributed by atoms with Gasteiger partial charge in [0.25, 0.3) is 0 Å². The van der Waals surface area contributed by atoms with E-state index < -0.39 is 0 Å². The third kappa shape index (κ3) is 6.13. The fourth-order valence-electron chi connectivity index (χ4n) is 3.47. The standard InChI is InChI=1S/C18H34N6.HI/c1-13-8-7-9-24(12-13)14(2)10-20-18(19-5)21-11-17-15(3)22-23(6)16(17)4;/h13-14H,7-12H2,1-6H3,(H2,19,20,21);1H. The molecule has 0 bridgehead atoms. The van der Waals surface area contributed by atoms with Crippen LogP contribution in [0.1, 0.15) is 43.6 Å². The molecule has 1 aromatic heterocycles. The zero-order valence-electron chi connectivity index (χ0n) is 16.6. The quantitative estimate of drug-likeness (QED) is 0.401. The van der Waals surface area contributed by atoms with Gasteiger partial charge in [-0.25, -0.2) is 0 Å². The molecule has 2 N–H and O–H groups in total. The summed E-state index contributed by atoms with van der Waals surface area (Å²) in [5, 5.41) is 11.3. The van der Waals surface area contributed by atoms with E-state index in [0.717, 1.165) is 30.7 Å². The molecule has 6 nitrogen and oxygen atoms in total. The molecule has 0 amide bonds. The largest absolute Gasteiger partial charge is 0.355 e. The fraction of sp³-hybridized carbons (Fsp3) is 0.778. The van der Waals surface area contributed by atoms with E-state index in [-0.39, 0.29) is 24.0 Å². The van der Waals surface area contributed by atoms with Gasteiger partial charge in [-0.3, -0.25) is 14.6 Å². The van der Waals surface area contributed by atoms with Crippen LogP contribution in [-0.4, -0.2) is 53.4 Å². The average Bonchev–Trinajstić information content (AvgIpc) is 2.80. The predicted molar refractivity (Wildman–Crippen MR) is 116 cm³/mol. The van der Waals surface area contributed by atoms with Gasteiger partial charge in [0.15, 0.2) is 5.96 Å². The molecule has 144 valence electrons. The lowest BCUT2D eigenvalue weighted by molar-refractivity contribution is 0.139. The number of aromatic nitrogens is 2. The normalized spacial score (nSPS) is 20.1. The second kappa shape index (κ2) is 10.4. The van der Waals surface area contributed by atoms with Crippen LogP contribution in [0.5, 0.6) is 0 Å². The molecule has 1 aliphatic heterocycles. The molecule has 0 radical (unpaired) electrons. The fourth-order valence-corrected chi connectivity index (χ4v) is 3.47. The Morgan fingerprint density at radius 3 is 2.64 bits per heavy atom. The Balaban J connectivity index is 0.00000312. The molecule has 7 heteroatoms. The van der Waals surface area contributed by atoms with E-state index in [9.17, 15) is 0 Å². The number of halogens is 1. The average molecular weight is 462 g/mol. The number of nitrogens with one attached hydrogen (secondary N) is 2. The molecular weight excluding hydrogens is 427 g/mol. The van der Waals surface area contributed by atoms with Crippen molar-refractivity contribution in [2.24, 2.45) is 18.0 Å². The number of guanidine groups is 1. The maximum atomic E-state index is 4.47. The van der Waals surface area contributed by atoms with E-state index in [1.54, 1.807) is 0 Å². The topological polar surface area (TPSA) is 57.5 Å². The number of rotatable bonds is 5. The minimum atomic E-state index is 0. The van der Waals surface area contributed by atoms with Gasteiger partial charge in [0, 0.05) is 51.0 Å². The van der Waals surface area contributed by atoms with Crippen LogP contribution < -0.4 is 10.6 Å². The zero-order chi connectivity index (χ0) is 17.7. The highest BCUT2D eigenvalue weighted by molar-refractivity contribution is 14.0. The molecule has 2 atom stereocenters. The van der Waals surface area contributed by atoms with Gasteiger partial charge in [-0.1, -0.05) is 6.92 Å². The van der Waals surface area contributed by atoms with Crippen molar-refractivity contribution in [1.29, 1.82) is 0 Å². The molecule has 1 fully saturated rings. The van der Waals surface area contributed by atoms with E-state index in [2.05, 4.69) is 53.3 Å². The Kier molecular flexibility index (Phi) is 9.20. The van der Waals surface area contributed by atoms with Crippen LogP contribution in [-0.2, 0) is 13.6 Å². The van der Waals surface area contributed by atoms with Crippen LogP contribution in [0.3, 0.4) is 0 Å². The number of piperidine rings is 1.